The Labute approximate surface area is 68.5 Å². The van der Waals surface area contributed by atoms with E-state index in [2.05, 4.69) is 0 Å². The number of hydrogen-bond donors (Lipinski definition) is 3. The maximum Gasteiger partial charge on any atom is 0.180 e. The van der Waals surface area contributed by atoms with Crippen LogP contribution in [0.1, 0.15) is 11.9 Å². The predicted molar refractivity (Wildman–Crippen MR) is 40.3 cm³/mol. The number of rotatable bonds is 1. The molecule has 0 aliphatic rings. The van der Waals surface area contributed by atoms with Gasteiger partial charge in [0.05, 0.1) is 5.02 Å². The van der Waals surface area contributed by atoms with Gasteiger partial charge in [-0.15, -0.1) is 0 Å². The van der Waals surface area contributed by atoms with E-state index in [9.17, 15) is 0 Å². The zero-order valence-electron chi connectivity index (χ0n) is 5.53. The van der Waals surface area contributed by atoms with E-state index in [1.54, 1.807) is 0 Å². The van der Waals surface area contributed by atoms with Crippen molar-refractivity contribution in [3.63, 3.8) is 0 Å². The first-order chi connectivity index (χ1) is 5.13. The van der Waals surface area contributed by atoms with Crippen molar-refractivity contribution >= 4 is 11.6 Å². The normalized spacial score (nSPS) is 10.5. The maximum atomic E-state index is 8.99. The number of aliphatic hydroxyl groups excluding tert-OH is 1. The lowest BCUT2D eigenvalue weighted by molar-refractivity contribution is -0.0425. The molecule has 1 aromatic carbocycles. The molecule has 0 spiro atoms. The Bertz CT molecular complexity index is 260. The van der Waals surface area contributed by atoms with Gasteiger partial charge in [0.15, 0.2) is 6.29 Å². The molecular weight excluding hydrogens is 168 g/mol. The Morgan fingerprint density at radius 3 is 2.36 bits per heavy atom. The summed E-state index contributed by atoms with van der Waals surface area (Å²) >= 11 is 5.52. The highest BCUT2D eigenvalue weighted by molar-refractivity contribution is 6.32. The first-order valence-electron chi connectivity index (χ1n) is 2.96. The van der Waals surface area contributed by atoms with E-state index in [1.165, 1.54) is 18.2 Å². The van der Waals surface area contributed by atoms with E-state index in [4.69, 9.17) is 26.9 Å². The van der Waals surface area contributed by atoms with Crippen molar-refractivity contribution in [1.82, 2.24) is 0 Å². The van der Waals surface area contributed by atoms with Crippen LogP contribution in [0.2, 0.25) is 5.02 Å². The van der Waals surface area contributed by atoms with Gasteiger partial charge in [0.1, 0.15) is 5.75 Å². The molecular formula is C7H7ClO3. The molecule has 3 nitrogen and oxygen atoms in total. The van der Waals surface area contributed by atoms with Gasteiger partial charge in [-0.1, -0.05) is 23.7 Å². The molecule has 0 fully saturated rings. The average molecular weight is 175 g/mol. The largest absolute Gasteiger partial charge is 0.506 e. The third-order valence-corrected chi connectivity index (χ3v) is 1.70. The van der Waals surface area contributed by atoms with Gasteiger partial charge in [-0.3, -0.25) is 0 Å². The van der Waals surface area contributed by atoms with Crippen molar-refractivity contribution < 1.29 is 15.3 Å². The van der Waals surface area contributed by atoms with Gasteiger partial charge in [-0.05, 0) is 6.07 Å². The molecule has 0 atom stereocenters. The summed E-state index contributed by atoms with van der Waals surface area (Å²) in [6.07, 6.45) is -1.64. The number of halogens is 1. The molecule has 1 rings (SSSR count). The molecule has 0 aromatic heterocycles. The smallest absolute Gasteiger partial charge is 0.180 e. The number of hydrogen-bond acceptors (Lipinski definition) is 3. The quantitative estimate of drug-likeness (QED) is 0.558. The molecule has 11 heavy (non-hydrogen) atoms. The van der Waals surface area contributed by atoms with Crippen molar-refractivity contribution in [2.75, 3.05) is 0 Å². The fraction of sp³-hybridized carbons (Fsp3) is 0.143. The molecule has 0 aliphatic carbocycles. The standard InChI is InChI=1S/C7H7ClO3/c8-6-4(7(10)11)2-1-3-5(6)9/h1-3,7,9-11H. The van der Waals surface area contributed by atoms with Crippen molar-refractivity contribution in [3.8, 4) is 5.75 Å². The molecule has 0 amide bonds. The second kappa shape index (κ2) is 3.09. The van der Waals surface area contributed by atoms with Gasteiger partial charge in [-0.2, -0.15) is 0 Å². The summed E-state index contributed by atoms with van der Waals surface area (Å²) in [6, 6.07) is 4.27. The van der Waals surface area contributed by atoms with Crippen molar-refractivity contribution in [2.45, 2.75) is 6.29 Å². The highest BCUT2D eigenvalue weighted by Gasteiger charge is 2.09. The van der Waals surface area contributed by atoms with Crippen LogP contribution < -0.4 is 0 Å². The molecule has 0 aliphatic heterocycles. The minimum absolute atomic E-state index is 0.0255. The van der Waals surface area contributed by atoms with Crippen LogP contribution in [0.3, 0.4) is 0 Å². The molecule has 60 valence electrons. The minimum atomic E-state index is -1.64. The third-order valence-electron chi connectivity index (χ3n) is 1.29. The molecule has 0 saturated carbocycles. The molecule has 0 unspecified atom stereocenters. The Morgan fingerprint density at radius 1 is 1.27 bits per heavy atom. The predicted octanol–water partition coefficient (Wildman–Crippen LogP) is 1.03. The Hall–Kier alpha value is -0.770. The zero-order chi connectivity index (χ0) is 8.43. The van der Waals surface area contributed by atoms with Crippen LogP contribution >= 0.6 is 11.6 Å². The molecule has 0 saturated heterocycles. The summed E-state index contributed by atoms with van der Waals surface area (Å²) in [5.41, 5.74) is 0.103. The van der Waals surface area contributed by atoms with Crippen LogP contribution in [0.4, 0.5) is 0 Å². The highest BCUT2D eigenvalue weighted by Crippen LogP contribution is 2.29. The summed E-state index contributed by atoms with van der Waals surface area (Å²) in [4.78, 5) is 0. The lowest BCUT2D eigenvalue weighted by atomic mass is 10.2. The molecule has 3 N–H and O–H groups in total. The van der Waals surface area contributed by atoms with Crippen LogP contribution in [-0.2, 0) is 0 Å². The van der Waals surface area contributed by atoms with E-state index in [0.29, 0.717) is 0 Å². The SMILES string of the molecule is Oc1cccc(C(O)O)c1Cl. The van der Waals surface area contributed by atoms with Gasteiger partial charge < -0.3 is 15.3 Å². The van der Waals surface area contributed by atoms with Gasteiger partial charge in [0, 0.05) is 5.56 Å². The molecule has 0 radical (unpaired) electrons. The van der Waals surface area contributed by atoms with E-state index in [0.717, 1.165) is 0 Å². The number of benzene rings is 1. The lowest BCUT2D eigenvalue weighted by Crippen LogP contribution is -1.95. The van der Waals surface area contributed by atoms with Crippen LogP contribution in [0.5, 0.6) is 5.75 Å². The second-order valence-corrected chi connectivity index (χ2v) is 2.43. The Balaban J connectivity index is 3.17. The first-order valence-corrected chi connectivity index (χ1v) is 3.34. The summed E-state index contributed by atoms with van der Waals surface area (Å²) in [7, 11) is 0. The molecule has 0 bridgehead atoms. The number of aromatic hydroxyl groups is 1. The fourth-order valence-corrected chi connectivity index (χ4v) is 0.960. The van der Waals surface area contributed by atoms with E-state index in [1.807, 2.05) is 0 Å². The maximum absolute atomic E-state index is 8.99. The summed E-state index contributed by atoms with van der Waals surface area (Å²) in [6.45, 7) is 0. The van der Waals surface area contributed by atoms with Gasteiger partial charge in [0.2, 0.25) is 0 Å². The molecule has 4 heteroatoms. The van der Waals surface area contributed by atoms with Gasteiger partial charge >= 0.3 is 0 Å². The molecule has 0 heterocycles. The third kappa shape index (κ3) is 1.63. The van der Waals surface area contributed by atoms with Gasteiger partial charge in [-0.25, -0.2) is 0 Å². The van der Waals surface area contributed by atoms with Crippen LogP contribution in [0, 0.1) is 0 Å². The molecule has 1 aromatic rings. The van der Waals surface area contributed by atoms with Gasteiger partial charge in [0.25, 0.3) is 0 Å². The number of phenols is 1. The van der Waals surface area contributed by atoms with E-state index >= 15 is 0 Å². The van der Waals surface area contributed by atoms with Crippen molar-refractivity contribution in [3.05, 3.63) is 28.8 Å². The van der Waals surface area contributed by atoms with Crippen LogP contribution in [0.15, 0.2) is 18.2 Å². The van der Waals surface area contributed by atoms with E-state index < -0.39 is 6.29 Å². The topological polar surface area (TPSA) is 60.7 Å². The lowest BCUT2D eigenvalue weighted by Gasteiger charge is -2.06. The Kier molecular flexibility index (Phi) is 2.34. The van der Waals surface area contributed by atoms with E-state index in [-0.39, 0.29) is 16.3 Å². The summed E-state index contributed by atoms with van der Waals surface area (Å²) in [5, 5.41) is 26.3. The minimum Gasteiger partial charge on any atom is -0.506 e. The van der Waals surface area contributed by atoms with Crippen LogP contribution in [-0.4, -0.2) is 15.3 Å². The average Bonchev–Trinajstić information content (AvgIpc) is 1.94. The first kappa shape index (κ1) is 8.33. The number of phenolic OH excluding ortho intramolecular Hbond substituents is 1. The Morgan fingerprint density at radius 2 is 1.91 bits per heavy atom. The van der Waals surface area contributed by atoms with Crippen molar-refractivity contribution in [1.29, 1.82) is 0 Å². The second-order valence-electron chi connectivity index (χ2n) is 2.05. The fourth-order valence-electron chi connectivity index (χ4n) is 0.737. The highest BCUT2D eigenvalue weighted by atomic mass is 35.5. The number of aliphatic hydroxyl groups is 2. The summed E-state index contributed by atoms with van der Waals surface area (Å²) < 4.78 is 0. The van der Waals surface area contributed by atoms with Crippen molar-refractivity contribution in [2.24, 2.45) is 0 Å². The van der Waals surface area contributed by atoms with Crippen LogP contribution in [0.25, 0.3) is 0 Å². The zero-order valence-corrected chi connectivity index (χ0v) is 6.28. The monoisotopic (exact) mass is 174 g/mol. The summed E-state index contributed by atoms with van der Waals surface area (Å²) in [5.74, 6) is -0.155.